The van der Waals surface area contributed by atoms with Gasteiger partial charge in [0, 0.05) is 0 Å². The summed E-state index contributed by atoms with van der Waals surface area (Å²) in [6, 6.07) is 1.15. The first-order valence-corrected chi connectivity index (χ1v) is 5.07. The Balaban J connectivity index is 3.19. The first-order valence-electron chi connectivity index (χ1n) is 5.07. The zero-order valence-corrected chi connectivity index (χ0v) is 10.1. The van der Waals surface area contributed by atoms with Crippen molar-refractivity contribution in [3.05, 3.63) is 34.9 Å². The van der Waals surface area contributed by atoms with Crippen molar-refractivity contribution < 1.29 is 28.2 Å². The Hall–Kier alpha value is -1.98. The molecule has 0 saturated carbocycles. The van der Waals surface area contributed by atoms with E-state index in [-0.39, 0.29) is 0 Å². The van der Waals surface area contributed by atoms with Crippen molar-refractivity contribution in [1.82, 2.24) is 0 Å². The Kier molecular flexibility index (Phi) is 3.69. The molecule has 0 heterocycles. The summed E-state index contributed by atoms with van der Waals surface area (Å²) < 4.78 is 31.8. The number of carbonyl (C=O) groups excluding carboxylic acids is 1. The minimum atomic E-state index is -1.48. The SMILES string of the molecule is CC(C)(C)OC(=O)c1c(F)cc(C(=O)O)cc1F. The Morgan fingerprint density at radius 2 is 1.61 bits per heavy atom. The number of carboxylic acids is 1. The Labute approximate surface area is 102 Å². The fourth-order valence-corrected chi connectivity index (χ4v) is 1.22. The smallest absolute Gasteiger partial charge is 0.344 e. The van der Waals surface area contributed by atoms with Crippen LogP contribution in [0.4, 0.5) is 8.78 Å². The van der Waals surface area contributed by atoms with E-state index in [1.165, 1.54) is 0 Å². The van der Waals surface area contributed by atoms with Crippen LogP contribution >= 0.6 is 0 Å². The predicted octanol–water partition coefficient (Wildman–Crippen LogP) is 2.62. The van der Waals surface area contributed by atoms with Crippen LogP contribution in [-0.2, 0) is 4.74 Å². The summed E-state index contributed by atoms with van der Waals surface area (Å²) in [7, 11) is 0. The van der Waals surface area contributed by atoms with Gasteiger partial charge in [0.25, 0.3) is 0 Å². The van der Waals surface area contributed by atoms with E-state index in [0.29, 0.717) is 12.1 Å². The van der Waals surface area contributed by atoms with E-state index in [1.54, 1.807) is 20.8 Å². The fraction of sp³-hybridized carbons (Fsp3) is 0.333. The highest BCUT2D eigenvalue weighted by molar-refractivity contribution is 5.93. The normalized spacial score (nSPS) is 11.2. The zero-order chi connectivity index (χ0) is 14.1. The largest absolute Gasteiger partial charge is 0.478 e. The number of hydrogen-bond acceptors (Lipinski definition) is 3. The van der Waals surface area contributed by atoms with Gasteiger partial charge in [-0.15, -0.1) is 0 Å². The van der Waals surface area contributed by atoms with Gasteiger partial charge in [-0.2, -0.15) is 0 Å². The molecule has 0 atom stereocenters. The van der Waals surface area contributed by atoms with E-state index in [4.69, 9.17) is 9.84 Å². The van der Waals surface area contributed by atoms with Gasteiger partial charge >= 0.3 is 11.9 Å². The highest BCUT2D eigenvalue weighted by Crippen LogP contribution is 2.19. The molecular formula is C12H12F2O4. The van der Waals surface area contributed by atoms with Gasteiger partial charge in [0.05, 0.1) is 5.56 Å². The number of benzene rings is 1. The third kappa shape index (κ3) is 3.26. The van der Waals surface area contributed by atoms with Gasteiger partial charge in [0.1, 0.15) is 22.8 Å². The molecule has 4 nitrogen and oxygen atoms in total. The van der Waals surface area contributed by atoms with Crippen molar-refractivity contribution >= 4 is 11.9 Å². The highest BCUT2D eigenvalue weighted by Gasteiger charge is 2.25. The minimum Gasteiger partial charge on any atom is -0.478 e. The van der Waals surface area contributed by atoms with Crippen LogP contribution in [0.25, 0.3) is 0 Å². The maximum atomic E-state index is 13.5. The third-order valence-electron chi connectivity index (χ3n) is 1.89. The molecule has 1 aromatic rings. The number of halogens is 2. The van der Waals surface area contributed by atoms with Crippen LogP contribution in [-0.4, -0.2) is 22.6 Å². The molecule has 98 valence electrons. The molecular weight excluding hydrogens is 246 g/mol. The second-order valence-electron chi connectivity index (χ2n) is 4.62. The standard InChI is InChI=1S/C12H12F2O4/c1-12(2,3)18-11(17)9-7(13)4-6(10(15)16)5-8(9)14/h4-5H,1-3H3,(H,15,16). The molecule has 18 heavy (non-hydrogen) atoms. The lowest BCUT2D eigenvalue weighted by Gasteiger charge is -2.19. The molecule has 0 fully saturated rings. The summed E-state index contributed by atoms with van der Waals surface area (Å²) in [6.07, 6.45) is 0. The van der Waals surface area contributed by atoms with E-state index in [0.717, 1.165) is 0 Å². The summed E-state index contributed by atoms with van der Waals surface area (Å²) in [5.41, 5.74) is -2.37. The van der Waals surface area contributed by atoms with Gasteiger partial charge in [-0.25, -0.2) is 18.4 Å². The molecule has 0 bridgehead atoms. The van der Waals surface area contributed by atoms with Gasteiger partial charge < -0.3 is 9.84 Å². The molecule has 1 rings (SSSR count). The minimum absolute atomic E-state index is 0.572. The number of hydrogen-bond donors (Lipinski definition) is 1. The molecule has 0 aliphatic heterocycles. The summed E-state index contributed by atoms with van der Waals surface area (Å²) in [6.45, 7) is 4.64. The fourth-order valence-electron chi connectivity index (χ4n) is 1.22. The lowest BCUT2D eigenvalue weighted by atomic mass is 10.1. The van der Waals surface area contributed by atoms with Crippen LogP contribution < -0.4 is 0 Å². The van der Waals surface area contributed by atoms with Crippen molar-refractivity contribution in [3.8, 4) is 0 Å². The summed E-state index contributed by atoms with van der Waals surface area (Å²) in [5.74, 6) is -5.18. The lowest BCUT2D eigenvalue weighted by molar-refractivity contribution is 0.00590. The number of ether oxygens (including phenoxy) is 1. The van der Waals surface area contributed by atoms with E-state index >= 15 is 0 Å². The predicted molar refractivity (Wildman–Crippen MR) is 58.5 cm³/mol. The van der Waals surface area contributed by atoms with Crippen molar-refractivity contribution in [3.63, 3.8) is 0 Å². The summed E-state index contributed by atoms with van der Waals surface area (Å²) in [5, 5.41) is 8.60. The van der Waals surface area contributed by atoms with Crippen LogP contribution in [0.1, 0.15) is 41.5 Å². The molecule has 0 aromatic heterocycles. The molecule has 6 heteroatoms. The summed E-state index contributed by atoms with van der Waals surface area (Å²) in [4.78, 5) is 22.1. The first kappa shape index (κ1) is 14.1. The van der Waals surface area contributed by atoms with Crippen LogP contribution in [0, 0.1) is 11.6 Å². The maximum Gasteiger partial charge on any atom is 0.344 e. The van der Waals surface area contributed by atoms with Crippen LogP contribution in [0.15, 0.2) is 12.1 Å². The number of esters is 1. The molecule has 1 aromatic carbocycles. The zero-order valence-electron chi connectivity index (χ0n) is 10.1. The van der Waals surface area contributed by atoms with Gasteiger partial charge in [-0.05, 0) is 32.9 Å². The molecule has 0 saturated heterocycles. The molecule has 0 spiro atoms. The molecule has 1 N–H and O–H groups in total. The van der Waals surface area contributed by atoms with Gasteiger partial charge in [0.2, 0.25) is 0 Å². The van der Waals surface area contributed by atoms with E-state index < -0.39 is 40.3 Å². The molecule has 0 aliphatic carbocycles. The molecule has 0 unspecified atom stereocenters. The van der Waals surface area contributed by atoms with Gasteiger partial charge in [-0.1, -0.05) is 0 Å². The van der Waals surface area contributed by atoms with Crippen molar-refractivity contribution in [2.24, 2.45) is 0 Å². The number of rotatable bonds is 2. The monoisotopic (exact) mass is 258 g/mol. The van der Waals surface area contributed by atoms with Crippen LogP contribution in [0.2, 0.25) is 0 Å². The quantitative estimate of drug-likeness (QED) is 0.828. The maximum absolute atomic E-state index is 13.5. The average Bonchev–Trinajstić information content (AvgIpc) is 2.12. The van der Waals surface area contributed by atoms with Crippen molar-refractivity contribution in [1.29, 1.82) is 0 Å². The molecule has 0 aliphatic rings. The van der Waals surface area contributed by atoms with E-state index in [2.05, 4.69) is 0 Å². The summed E-state index contributed by atoms with van der Waals surface area (Å²) >= 11 is 0. The van der Waals surface area contributed by atoms with Crippen molar-refractivity contribution in [2.45, 2.75) is 26.4 Å². The van der Waals surface area contributed by atoms with E-state index in [1.807, 2.05) is 0 Å². The average molecular weight is 258 g/mol. The van der Waals surface area contributed by atoms with E-state index in [9.17, 15) is 18.4 Å². The first-order chi connectivity index (χ1) is 8.11. The second-order valence-corrected chi connectivity index (χ2v) is 4.62. The second kappa shape index (κ2) is 4.72. The van der Waals surface area contributed by atoms with Gasteiger partial charge in [0.15, 0.2) is 0 Å². The van der Waals surface area contributed by atoms with Gasteiger partial charge in [-0.3, -0.25) is 0 Å². The molecule has 0 radical (unpaired) electrons. The molecule has 0 amide bonds. The number of carbonyl (C=O) groups is 2. The topological polar surface area (TPSA) is 63.6 Å². The van der Waals surface area contributed by atoms with Crippen LogP contribution in [0.5, 0.6) is 0 Å². The Morgan fingerprint density at radius 1 is 1.17 bits per heavy atom. The number of aromatic carboxylic acids is 1. The highest BCUT2D eigenvalue weighted by atomic mass is 19.1. The van der Waals surface area contributed by atoms with Crippen molar-refractivity contribution in [2.75, 3.05) is 0 Å². The Morgan fingerprint density at radius 3 is 1.94 bits per heavy atom. The lowest BCUT2D eigenvalue weighted by Crippen LogP contribution is -2.25. The van der Waals surface area contributed by atoms with Crippen LogP contribution in [0.3, 0.4) is 0 Å². The third-order valence-corrected chi connectivity index (χ3v) is 1.89. The number of carboxylic acid groups (broad SMARTS) is 1. The Bertz CT molecular complexity index is 480.